The Hall–Kier alpha value is -2.21. The van der Waals surface area contributed by atoms with Gasteiger partial charge in [-0.1, -0.05) is 41.9 Å². The molecular weight excluding hydrogens is 463 g/mol. The standard InChI is InChI=1S/C29H36ClFN2O2/c1-35-23-10-11-27-24(19-23)28(25(30)20-32-27)26(31)12-13-29(21-34)14-17-33(18-15-29)16-6-5-9-22-7-3-2-4-8-22/h2-4,7-8,10-11,19-20,26,34H,5-6,9,12-18,21H2,1H3/t26-/m0/s1. The Morgan fingerprint density at radius 2 is 1.91 bits per heavy atom. The van der Waals surface area contributed by atoms with Gasteiger partial charge in [-0.2, -0.15) is 0 Å². The van der Waals surface area contributed by atoms with Gasteiger partial charge >= 0.3 is 0 Å². The molecule has 1 N–H and O–H groups in total. The molecule has 0 unspecified atom stereocenters. The van der Waals surface area contributed by atoms with Crippen LogP contribution in [-0.2, 0) is 6.42 Å². The molecule has 0 spiro atoms. The molecule has 4 rings (SSSR count). The number of hydrogen-bond donors (Lipinski definition) is 1. The molecule has 35 heavy (non-hydrogen) atoms. The molecule has 0 bridgehead atoms. The van der Waals surface area contributed by atoms with Crippen molar-refractivity contribution in [1.82, 2.24) is 9.88 Å². The molecular formula is C29H36ClFN2O2. The average molecular weight is 499 g/mol. The van der Waals surface area contributed by atoms with Crippen LogP contribution in [0.5, 0.6) is 5.75 Å². The molecule has 1 aliphatic heterocycles. The van der Waals surface area contributed by atoms with Crippen LogP contribution in [0.4, 0.5) is 4.39 Å². The quantitative estimate of drug-likeness (QED) is 0.296. The van der Waals surface area contributed by atoms with Crippen LogP contribution in [0.1, 0.15) is 55.8 Å². The lowest BCUT2D eigenvalue weighted by Crippen LogP contribution is -2.42. The SMILES string of the molecule is COc1ccc2ncc(Cl)c([C@@H](F)CCC3(CO)CCN(CCCCc4ccccc4)CC3)c2c1. The van der Waals surface area contributed by atoms with Gasteiger partial charge in [0.2, 0.25) is 0 Å². The van der Waals surface area contributed by atoms with Crippen molar-refractivity contribution < 1.29 is 14.2 Å². The molecule has 1 aliphatic rings. The Morgan fingerprint density at radius 1 is 1.14 bits per heavy atom. The maximum atomic E-state index is 15.6. The Balaban J connectivity index is 1.30. The van der Waals surface area contributed by atoms with Crippen molar-refractivity contribution in [3.05, 3.63) is 70.9 Å². The first-order valence-electron chi connectivity index (χ1n) is 12.7. The highest BCUT2D eigenvalue weighted by molar-refractivity contribution is 6.32. The molecule has 6 heteroatoms. The van der Waals surface area contributed by atoms with Gasteiger partial charge in [0, 0.05) is 23.8 Å². The van der Waals surface area contributed by atoms with Gasteiger partial charge < -0.3 is 14.7 Å². The van der Waals surface area contributed by atoms with Crippen LogP contribution in [0.3, 0.4) is 0 Å². The van der Waals surface area contributed by atoms with Gasteiger partial charge in [0.15, 0.2) is 0 Å². The number of halogens is 2. The third-order valence-electron chi connectivity index (χ3n) is 7.59. The summed E-state index contributed by atoms with van der Waals surface area (Å²) in [6.07, 6.45) is 6.53. The van der Waals surface area contributed by atoms with Crippen molar-refractivity contribution in [2.24, 2.45) is 5.41 Å². The number of aliphatic hydroxyl groups excluding tert-OH is 1. The highest BCUT2D eigenvalue weighted by Crippen LogP contribution is 2.41. The van der Waals surface area contributed by atoms with Crippen LogP contribution in [0.25, 0.3) is 10.9 Å². The Kier molecular flexibility index (Phi) is 8.99. The fourth-order valence-corrected chi connectivity index (χ4v) is 5.51. The zero-order valence-electron chi connectivity index (χ0n) is 20.6. The lowest BCUT2D eigenvalue weighted by atomic mass is 9.74. The van der Waals surface area contributed by atoms with E-state index in [2.05, 4.69) is 40.2 Å². The number of methoxy groups -OCH3 is 1. The number of aromatic nitrogens is 1. The first-order chi connectivity index (χ1) is 17.0. The van der Waals surface area contributed by atoms with Gasteiger partial charge in [0.25, 0.3) is 0 Å². The number of ether oxygens (including phenoxy) is 1. The second-order valence-electron chi connectivity index (χ2n) is 9.85. The molecule has 1 saturated heterocycles. The topological polar surface area (TPSA) is 45.6 Å². The summed E-state index contributed by atoms with van der Waals surface area (Å²) < 4.78 is 20.9. The third kappa shape index (κ3) is 6.52. The largest absolute Gasteiger partial charge is 0.497 e. The lowest BCUT2D eigenvalue weighted by Gasteiger charge is -2.41. The summed E-state index contributed by atoms with van der Waals surface area (Å²) in [5, 5.41) is 11.3. The summed E-state index contributed by atoms with van der Waals surface area (Å²) in [6, 6.07) is 16.1. The van der Waals surface area contributed by atoms with Crippen LogP contribution >= 0.6 is 11.6 Å². The molecule has 0 aliphatic carbocycles. The van der Waals surface area contributed by atoms with Crippen molar-refractivity contribution in [2.45, 2.75) is 51.1 Å². The van der Waals surface area contributed by atoms with Crippen molar-refractivity contribution >= 4 is 22.5 Å². The number of unbranched alkanes of at least 4 members (excludes halogenated alkanes) is 1. The summed E-state index contributed by atoms with van der Waals surface area (Å²) in [4.78, 5) is 6.83. The van der Waals surface area contributed by atoms with Crippen LogP contribution in [-0.4, -0.2) is 48.3 Å². The number of rotatable bonds is 11. The lowest BCUT2D eigenvalue weighted by molar-refractivity contribution is 0.0298. The van der Waals surface area contributed by atoms with Gasteiger partial charge in [-0.15, -0.1) is 0 Å². The fourth-order valence-electron chi connectivity index (χ4n) is 5.24. The predicted molar refractivity (Wildman–Crippen MR) is 141 cm³/mol. The minimum atomic E-state index is -1.22. The van der Waals surface area contributed by atoms with Gasteiger partial charge in [-0.25, -0.2) is 4.39 Å². The monoisotopic (exact) mass is 498 g/mol. The molecule has 0 amide bonds. The van der Waals surface area contributed by atoms with Gasteiger partial charge in [0.05, 0.1) is 17.6 Å². The zero-order chi connectivity index (χ0) is 24.7. The third-order valence-corrected chi connectivity index (χ3v) is 7.90. The molecule has 3 aromatic rings. The maximum Gasteiger partial charge on any atom is 0.127 e. The van der Waals surface area contributed by atoms with E-state index in [-0.39, 0.29) is 12.0 Å². The summed E-state index contributed by atoms with van der Waals surface area (Å²) in [7, 11) is 1.59. The molecule has 1 fully saturated rings. The number of aliphatic hydroxyl groups is 1. The molecule has 188 valence electrons. The van der Waals surface area contributed by atoms with E-state index in [0.29, 0.717) is 40.1 Å². The molecule has 2 aromatic carbocycles. The van der Waals surface area contributed by atoms with E-state index >= 15 is 4.39 Å². The van der Waals surface area contributed by atoms with E-state index in [9.17, 15) is 5.11 Å². The number of piperidine rings is 1. The molecule has 0 saturated carbocycles. The van der Waals surface area contributed by atoms with Crippen LogP contribution in [0.15, 0.2) is 54.7 Å². The number of nitrogens with zero attached hydrogens (tertiary/aromatic N) is 2. The van der Waals surface area contributed by atoms with Crippen molar-refractivity contribution in [1.29, 1.82) is 0 Å². The minimum Gasteiger partial charge on any atom is -0.497 e. The van der Waals surface area contributed by atoms with Crippen molar-refractivity contribution in [3.8, 4) is 5.75 Å². The maximum absolute atomic E-state index is 15.6. The first kappa shape index (κ1) is 25.9. The number of pyridine rings is 1. The van der Waals surface area contributed by atoms with E-state index in [1.54, 1.807) is 13.2 Å². The first-order valence-corrected chi connectivity index (χ1v) is 13.0. The zero-order valence-corrected chi connectivity index (χ0v) is 21.3. The fraction of sp³-hybridized carbons (Fsp3) is 0.483. The number of benzene rings is 2. The molecule has 0 radical (unpaired) electrons. The Morgan fingerprint density at radius 3 is 2.63 bits per heavy atom. The van der Waals surface area contributed by atoms with Crippen molar-refractivity contribution in [2.75, 3.05) is 33.4 Å². The number of hydrogen-bond acceptors (Lipinski definition) is 4. The van der Waals surface area contributed by atoms with Gasteiger partial charge in [0.1, 0.15) is 11.9 Å². The number of alkyl halides is 1. The normalized spacial score (nSPS) is 16.9. The smallest absolute Gasteiger partial charge is 0.127 e. The highest BCUT2D eigenvalue weighted by atomic mass is 35.5. The van der Waals surface area contributed by atoms with Gasteiger partial charge in [-0.3, -0.25) is 4.98 Å². The van der Waals surface area contributed by atoms with E-state index in [1.807, 2.05) is 12.1 Å². The Labute approximate surface area is 213 Å². The van der Waals surface area contributed by atoms with E-state index in [0.717, 1.165) is 38.9 Å². The summed E-state index contributed by atoms with van der Waals surface area (Å²) in [5.74, 6) is 0.651. The summed E-state index contributed by atoms with van der Waals surface area (Å²) in [5.41, 5.74) is 2.34. The number of likely N-dealkylation sites (tertiary alicyclic amines) is 1. The summed E-state index contributed by atoms with van der Waals surface area (Å²) in [6.45, 7) is 3.10. The van der Waals surface area contributed by atoms with E-state index in [1.165, 1.54) is 24.6 Å². The second-order valence-corrected chi connectivity index (χ2v) is 10.3. The van der Waals surface area contributed by atoms with E-state index < -0.39 is 6.17 Å². The predicted octanol–water partition coefficient (Wildman–Crippen LogP) is 6.79. The van der Waals surface area contributed by atoms with Crippen LogP contribution < -0.4 is 4.74 Å². The molecule has 2 heterocycles. The van der Waals surface area contributed by atoms with Crippen LogP contribution in [0.2, 0.25) is 5.02 Å². The Bertz CT molecular complexity index is 1090. The van der Waals surface area contributed by atoms with E-state index in [4.69, 9.17) is 16.3 Å². The average Bonchev–Trinajstić information content (AvgIpc) is 2.90. The highest BCUT2D eigenvalue weighted by Gasteiger charge is 2.35. The molecule has 1 atom stereocenters. The molecule has 4 nitrogen and oxygen atoms in total. The second kappa shape index (κ2) is 12.2. The van der Waals surface area contributed by atoms with Gasteiger partial charge in [-0.05, 0) is 93.8 Å². The minimum absolute atomic E-state index is 0.0974. The molecule has 1 aromatic heterocycles. The van der Waals surface area contributed by atoms with Crippen LogP contribution in [0, 0.1) is 5.41 Å². The number of aryl methyl sites for hydroxylation is 1. The summed E-state index contributed by atoms with van der Waals surface area (Å²) >= 11 is 6.40. The number of fused-ring (bicyclic) bond motifs is 1. The van der Waals surface area contributed by atoms with Crippen molar-refractivity contribution in [3.63, 3.8) is 0 Å².